The molecule has 0 bridgehead atoms. The topological polar surface area (TPSA) is 79.4 Å². The van der Waals surface area contributed by atoms with Crippen LogP contribution in [0.4, 0.5) is 5.13 Å². The van der Waals surface area contributed by atoms with E-state index in [0.717, 1.165) is 30.5 Å². The van der Waals surface area contributed by atoms with Crippen LogP contribution >= 0.6 is 22.7 Å². The highest BCUT2D eigenvalue weighted by atomic mass is 32.2. The van der Waals surface area contributed by atoms with Crippen LogP contribution in [0.1, 0.15) is 39.4 Å². The maximum absolute atomic E-state index is 12.7. The highest BCUT2D eigenvalue weighted by molar-refractivity contribution is 7.89. The zero-order valence-corrected chi connectivity index (χ0v) is 19.3. The molecule has 0 spiro atoms. The molecule has 9 heteroatoms. The van der Waals surface area contributed by atoms with Crippen molar-refractivity contribution in [1.82, 2.24) is 9.29 Å². The molecule has 1 fully saturated rings. The Labute approximate surface area is 184 Å². The molecule has 0 saturated carbocycles. The first-order valence-corrected chi connectivity index (χ1v) is 12.9. The molecule has 2 aromatic heterocycles. The Bertz CT molecular complexity index is 1160. The lowest BCUT2D eigenvalue weighted by atomic mass is 10.2. The number of nitrogens with zero attached hydrogens (tertiary/aromatic N) is 2. The van der Waals surface area contributed by atoms with Crippen molar-refractivity contribution in [1.29, 1.82) is 0 Å². The molecule has 158 valence electrons. The second-order valence-electron chi connectivity index (χ2n) is 7.31. The number of aromatic nitrogens is 1. The van der Waals surface area contributed by atoms with E-state index in [4.69, 9.17) is 0 Å². The summed E-state index contributed by atoms with van der Waals surface area (Å²) in [5.41, 5.74) is 2.33. The first-order chi connectivity index (χ1) is 14.3. The van der Waals surface area contributed by atoms with Gasteiger partial charge in [0.1, 0.15) is 0 Å². The second-order valence-corrected chi connectivity index (χ2v) is 11.6. The Morgan fingerprint density at radius 2 is 1.80 bits per heavy atom. The Hall–Kier alpha value is -2.07. The molecule has 1 aromatic carbocycles. The average Bonchev–Trinajstić information content (AvgIpc) is 3.34. The summed E-state index contributed by atoms with van der Waals surface area (Å²) >= 11 is 3.09. The second kappa shape index (κ2) is 8.58. The molecule has 0 unspecified atom stereocenters. The molecule has 30 heavy (non-hydrogen) atoms. The fourth-order valence-electron chi connectivity index (χ4n) is 3.54. The third-order valence-corrected chi connectivity index (χ3v) is 8.75. The quantitative estimate of drug-likeness (QED) is 0.585. The van der Waals surface area contributed by atoms with Crippen molar-refractivity contribution < 1.29 is 13.2 Å². The summed E-state index contributed by atoms with van der Waals surface area (Å²) in [6, 6.07) is 8.20. The molecular weight excluding hydrogens is 438 g/mol. The van der Waals surface area contributed by atoms with Gasteiger partial charge in [-0.05, 0) is 57.0 Å². The van der Waals surface area contributed by atoms with Crippen LogP contribution in [-0.2, 0) is 10.0 Å². The number of anilines is 1. The summed E-state index contributed by atoms with van der Waals surface area (Å²) in [6.07, 6.45) is 2.84. The van der Waals surface area contributed by atoms with E-state index in [1.54, 1.807) is 23.5 Å². The van der Waals surface area contributed by atoms with Crippen LogP contribution in [0, 0.1) is 13.8 Å². The van der Waals surface area contributed by atoms with Crippen molar-refractivity contribution in [3.8, 4) is 11.3 Å². The van der Waals surface area contributed by atoms with Crippen molar-refractivity contribution in [2.45, 2.75) is 38.0 Å². The monoisotopic (exact) mass is 461 g/mol. The number of rotatable bonds is 5. The number of amides is 1. The fourth-order valence-corrected chi connectivity index (χ4v) is 6.70. The molecule has 0 aliphatic carbocycles. The number of nitrogens with one attached hydrogen (secondary N) is 1. The maximum Gasteiger partial charge on any atom is 0.257 e. The lowest BCUT2D eigenvalue weighted by Gasteiger charge is -2.25. The highest BCUT2D eigenvalue weighted by Gasteiger charge is 2.26. The molecule has 4 rings (SSSR count). The Morgan fingerprint density at radius 3 is 2.43 bits per heavy atom. The van der Waals surface area contributed by atoms with E-state index in [1.807, 2.05) is 5.38 Å². The molecule has 0 atom stereocenters. The van der Waals surface area contributed by atoms with Gasteiger partial charge in [-0.15, -0.1) is 22.7 Å². The van der Waals surface area contributed by atoms with Gasteiger partial charge in [-0.25, -0.2) is 13.4 Å². The SMILES string of the molecule is Cc1cc(-c2csc(NC(=O)c3ccc(S(=O)(=O)N4CCCCC4)cc3)n2)c(C)s1. The third-order valence-electron chi connectivity index (χ3n) is 5.11. The number of aryl methyl sites for hydroxylation is 2. The molecule has 1 amide bonds. The minimum Gasteiger partial charge on any atom is -0.298 e. The molecule has 1 saturated heterocycles. The van der Waals surface area contributed by atoms with Crippen LogP contribution in [0.15, 0.2) is 40.6 Å². The summed E-state index contributed by atoms with van der Waals surface area (Å²) in [4.78, 5) is 19.8. The molecule has 1 N–H and O–H groups in total. The molecule has 6 nitrogen and oxygen atoms in total. The largest absolute Gasteiger partial charge is 0.298 e. The van der Waals surface area contributed by atoms with Crippen molar-refractivity contribution in [3.05, 3.63) is 51.0 Å². The summed E-state index contributed by atoms with van der Waals surface area (Å²) < 4.78 is 27.0. The minimum atomic E-state index is -3.50. The Morgan fingerprint density at radius 1 is 1.10 bits per heavy atom. The van der Waals surface area contributed by atoms with Crippen LogP contribution in [0.5, 0.6) is 0 Å². The van der Waals surface area contributed by atoms with E-state index < -0.39 is 10.0 Å². The Balaban J connectivity index is 1.46. The van der Waals surface area contributed by atoms with Gasteiger partial charge < -0.3 is 0 Å². The lowest BCUT2D eigenvalue weighted by molar-refractivity contribution is 0.102. The van der Waals surface area contributed by atoms with Crippen LogP contribution in [0.3, 0.4) is 0 Å². The zero-order valence-electron chi connectivity index (χ0n) is 16.8. The number of hydrogen-bond acceptors (Lipinski definition) is 6. The van der Waals surface area contributed by atoms with Gasteiger partial charge in [-0.2, -0.15) is 4.31 Å². The van der Waals surface area contributed by atoms with Gasteiger partial charge in [0.25, 0.3) is 5.91 Å². The highest BCUT2D eigenvalue weighted by Crippen LogP contribution is 2.32. The first kappa shape index (κ1) is 21.2. The van der Waals surface area contributed by atoms with Crippen molar-refractivity contribution in [2.24, 2.45) is 0 Å². The van der Waals surface area contributed by atoms with Gasteiger partial charge in [-0.3, -0.25) is 10.1 Å². The standard InChI is InChI=1S/C21H23N3O3S3/c1-14-12-18(15(2)29-14)19-13-28-21(22-19)23-20(25)16-6-8-17(9-7-16)30(26,27)24-10-4-3-5-11-24/h6-9,12-13H,3-5,10-11H2,1-2H3,(H,22,23,25). The molecule has 3 aromatic rings. The number of hydrogen-bond donors (Lipinski definition) is 1. The Kier molecular flexibility index (Phi) is 6.06. The number of carbonyl (C=O) groups is 1. The number of thiophene rings is 1. The maximum atomic E-state index is 12.7. The number of benzene rings is 1. The van der Waals surface area contributed by atoms with E-state index in [2.05, 4.69) is 30.2 Å². The lowest BCUT2D eigenvalue weighted by Crippen LogP contribution is -2.35. The fraction of sp³-hybridized carbons (Fsp3) is 0.333. The number of sulfonamides is 1. The molecule has 0 radical (unpaired) electrons. The van der Waals surface area contributed by atoms with Crippen molar-refractivity contribution in [3.63, 3.8) is 0 Å². The van der Waals surface area contributed by atoms with Gasteiger partial charge in [0.15, 0.2) is 5.13 Å². The van der Waals surface area contributed by atoms with Gasteiger partial charge in [-0.1, -0.05) is 6.42 Å². The van der Waals surface area contributed by atoms with Crippen LogP contribution < -0.4 is 5.32 Å². The van der Waals surface area contributed by atoms with E-state index in [9.17, 15) is 13.2 Å². The van der Waals surface area contributed by atoms with E-state index in [0.29, 0.717) is 23.8 Å². The average molecular weight is 462 g/mol. The van der Waals surface area contributed by atoms with Gasteiger partial charge in [0.2, 0.25) is 10.0 Å². The van der Waals surface area contributed by atoms with Crippen molar-refractivity contribution in [2.75, 3.05) is 18.4 Å². The minimum absolute atomic E-state index is 0.223. The smallest absolute Gasteiger partial charge is 0.257 e. The van der Waals surface area contributed by atoms with Crippen LogP contribution in [0.25, 0.3) is 11.3 Å². The zero-order chi connectivity index (χ0) is 21.3. The van der Waals surface area contributed by atoms with Gasteiger partial charge in [0.05, 0.1) is 10.6 Å². The normalized spacial score (nSPS) is 15.3. The first-order valence-electron chi connectivity index (χ1n) is 9.79. The number of piperidine rings is 1. The van der Waals surface area contributed by atoms with Crippen LogP contribution in [-0.4, -0.2) is 36.7 Å². The summed E-state index contributed by atoms with van der Waals surface area (Å²) in [7, 11) is -3.50. The summed E-state index contributed by atoms with van der Waals surface area (Å²) in [5.74, 6) is -0.309. The summed E-state index contributed by atoms with van der Waals surface area (Å²) in [6.45, 7) is 5.23. The summed E-state index contributed by atoms with van der Waals surface area (Å²) in [5, 5.41) is 5.25. The van der Waals surface area contributed by atoms with E-state index in [-0.39, 0.29) is 10.8 Å². The van der Waals surface area contributed by atoms with Crippen LogP contribution in [0.2, 0.25) is 0 Å². The molecule has 1 aliphatic heterocycles. The predicted octanol–water partition coefficient (Wildman–Crippen LogP) is 4.92. The molecule has 1 aliphatic rings. The molecular formula is C21H23N3O3S3. The molecule has 3 heterocycles. The predicted molar refractivity (Wildman–Crippen MR) is 122 cm³/mol. The van der Waals surface area contributed by atoms with Gasteiger partial charge >= 0.3 is 0 Å². The number of thiazole rings is 1. The van der Waals surface area contributed by atoms with E-state index >= 15 is 0 Å². The van der Waals surface area contributed by atoms with Gasteiger partial charge in [0, 0.05) is 39.4 Å². The van der Waals surface area contributed by atoms with Crippen molar-refractivity contribution >= 4 is 43.7 Å². The third kappa shape index (κ3) is 4.34. The van der Waals surface area contributed by atoms with E-state index in [1.165, 1.54) is 37.5 Å². The number of carbonyl (C=O) groups excluding carboxylic acids is 1.